The highest BCUT2D eigenvalue weighted by Gasteiger charge is 2.25. The molecule has 0 bridgehead atoms. The molecule has 0 atom stereocenters. The van der Waals surface area contributed by atoms with E-state index in [-0.39, 0.29) is 29.8 Å². The molecule has 0 aliphatic rings. The number of halogens is 1. The van der Waals surface area contributed by atoms with Gasteiger partial charge in [0.2, 0.25) is 10.0 Å². The molecule has 0 aliphatic heterocycles. The number of amides is 1. The van der Waals surface area contributed by atoms with Crippen molar-refractivity contribution in [1.29, 1.82) is 0 Å². The summed E-state index contributed by atoms with van der Waals surface area (Å²) in [6.07, 6.45) is 0.782. The Morgan fingerprint density at radius 2 is 1.62 bits per heavy atom. The number of benzene rings is 3. The van der Waals surface area contributed by atoms with Crippen molar-refractivity contribution in [2.24, 2.45) is 0 Å². The molecule has 0 spiro atoms. The summed E-state index contributed by atoms with van der Waals surface area (Å²) in [5, 5.41) is 0.652. The first kappa shape index (κ1) is 31.7. The monoisotopic (exact) mass is 600 g/mol. The molecule has 0 fully saturated rings. The van der Waals surface area contributed by atoms with Crippen LogP contribution in [0.5, 0.6) is 0 Å². The van der Waals surface area contributed by atoms with Crippen LogP contribution in [0, 0.1) is 13.8 Å². The molecule has 214 valence electrons. The van der Waals surface area contributed by atoms with E-state index in [0.717, 1.165) is 39.9 Å². The highest BCUT2D eigenvalue weighted by atomic mass is 35.5. The van der Waals surface area contributed by atoms with Gasteiger partial charge in [-0.15, -0.1) is 12.4 Å². The lowest BCUT2D eigenvalue weighted by molar-refractivity contribution is 0.0986. The Hall–Kier alpha value is -2.82. The molecule has 0 radical (unpaired) electrons. The Morgan fingerprint density at radius 3 is 2.25 bits per heavy atom. The maximum absolute atomic E-state index is 13.8. The van der Waals surface area contributed by atoms with E-state index >= 15 is 0 Å². The topological polar surface area (TPSA) is 73.8 Å². The zero-order chi connectivity index (χ0) is 28.2. The number of hydrogen-bond donors (Lipinski definition) is 0. The number of nitrogens with zero attached hydrogens (tertiary/aromatic N) is 4. The third kappa shape index (κ3) is 7.27. The minimum absolute atomic E-state index is 0. The SMILES string of the molecule is CCN(Cc1ccccc1)S(=O)(=O)c1ccc(C(=O)N(CCCN(C)C)c2nc3c(C)cc(C)cc3s2)cc1.Cl. The number of thiazole rings is 1. The molecule has 1 aromatic heterocycles. The highest BCUT2D eigenvalue weighted by Crippen LogP contribution is 2.32. The van der Waals surface area contributed by atoms with Gasteiger partial charge < -0.3 is 4.90 Å². The van der Waals surface area contributed by atoms with Crippen LogP contribution in [-0.4, -0.2) is 62.2 Å². The van der Waals surface area contributed by atoms with E-state index < -0.39 is 10.0 Å². The van der Waals surface area contributed by atoms with Gasteiger partial charge >= 0.3 is 0 Å². The lowest BCUT2D eigenvalue weighted by Gasteiger charge is -2.22. The van der Waals surface area contributed by atoms with Gasteiger partial charge in [-0.05, 0) is 87.9 Å². The minimum atomic E-state index is -3.72. The van der Waals surface area contributed by atoms with Gasteiger partial charge in [-0.3, -0.25) is 9.69 Å². The number of anilines is 1. The van der Waals surface area contributed by atoms with Crippen molar-refractivity contribution in [3.63, 3.8) is 0 Å². The average molecular weight is 601 g/mol. The predicted molar refractivity (Wildman–Crippen MR) is 167 cm³/mol. The summed E-state index contributed by atoms with van der Waals surface area (Å²) in [5.41, 5.74) is 4.50. The van der Waals surface area contributed by atoms with Crippen LogP contribution in [-0.2, 0) is 16.6 Å². The van der Waals surface area contributed by atoms with Crippen molar-refractivity contribution in [2.75, 3.05) is 38.6 Å². The van der Waals surface area contributed by atoms with Crippen molar-refractivity contribution >= 4 is 55.0 Å². The number of hydrogen-bond acceptors (Lipinski definition) is 6. The van der Waals surface area contributed by atoms with Crippen LogP contribution < -0.4 is 4.90 Å². The van der Waals surface area contributed by atoms with Crippen molar-refractivity contribution in [3.8, 4) is 0 Å². The number of sulfonamides is 1. The summed E-state index contributed by atoms with van der Waals surface area (Å²) in [5.74, 6) is -0.192. The molecule has 4 aromatic rings. The van der Waals surface area contributed by atoms with Crippen LogP contribution in [0.15, 0.2) is 71.6 Å². The van der Waals surface area contributed by atoms with Gasteiger partial charge in [-0.25, -0.2) is 13.4 Å². The molecular weight excluding hydrogens is 564 g/mol. The van der Waals surface area contributed by atoms with Crippen molar-refractivity contribution in [3.05, 3.63) is 89.0 Å². The quantitative estimate of drug-likeness (QED) is 0.207. The van der Waals surface area contributed by atoms with Gasteiger partial charge in [0.15, 0.2) is 5.13 Å². The molecule has 0 unspecified atom stereocenters. The number of aryl methyl sites for hydroxylation is 2. The normalized spacial score (nSPS) is 11.7. The summed E-state index contributed by atoms with van der Waals surface area (Å²) in [7, 11) is 0.291. The van der Waals surface area contributed by atoms with E-state index in [9.17, 15) is 13.2 Å². The number of carbonyl (C=O) groups excluding carboxylic acids is 1. The lowest BCUT2D eigenvalue weighted by atomic mass is 10.1. The van der Waals surface area contributed by atoms with Crippen molar-refractivity contribution in [1.82, 2.24) is 14.2 Å². The summed E-state index contributed by atoms with van der Waals surface area (Å²) < 4.78 is 29.3. The first-order valence-corrected chi connectivity index (χ1v) is 15.3. The summed E-state index contributed by atoms with van der Waals surface area (Å²) in [6.45, 7) is 7.89. The van der Waals surface area contributed by atoms with Gasteiger partial charge in [0, 0.05) is 25.2 Å². The summed E-state index contributed by atoms with van der Waals surface area (Å²) in [6, 6.07) is 20.0. The maximum Gasteiger partial charge on any atom is 0.260 e. The number of carbonyl (C=O) groups is 1. The molecule has 7 nitrogen and oxygen atoms in total. The van der Waals surface area contributed by atoms with Crippen LogP contribution in [0.2, 0.25) is 0 Å². The molecule has 3 aromatic carbocycles. The number of fused-ring (bicyclic) bond motifs is 1. The largest absolute Gasteiger partial charge is 0.309 e. The average Bonchev–Trinajstić information content (AvgIpc) is 3.34. The Kier molecular flexibility index (Phi) is 10.9. The third-order valence-electron chi connectivity index (χ3n) is 6.58. The second-order valence-electron chi connectivity index (χ2n) is 9.98. The second kappa shape index (κ2) is 13.7. The van der Waals surface area contributed by atoms with Crippen molar-refractivity contribution < 1.29 is 13.2 Å². The third-order valence-corrected chi connectivity index (χ3v) is 9.54. The van der Waals surface area contributed by atoms with E-state index in [0.29, 0.717) is 23.8 Å². The standard InChI is InChI=1S/C30H36N4O3S2.ClH/c1-6-33(21-24-11-8-7-9-12-24)39(36,37)26-15-13-25(14-16-26)29(35)34(18-10-17-32(4)5)30-31-28-23(3)19-22(2)20-27(28)38-30;/h7-9,11-16,19-20H,6,10,17-18,21H2,1-5H3;1H. The first-order valence-electron chi connectivity index (χ1n) is 13.1. The molecule has 0 aliphatic carbocycles. The number of aromatic nitrogens is 1. The molecule has 4 rings (SSSR count). The molecule has 0 saturated heterocycles. The Bertz CT molecular complexity index is 1540. The molecule has 10 heteroatoms. The molecule has 1 heterocycles. The molecule has 0 N–H and O–H groups in total. The molecule has 0 saturated carbocycles. The Morgan fingerprint density at radius 1 is 0.950 bits per heavy atom. The van der Waals surface area contributed by atoms with Crippen molar-refractivity contribution in [2.45, 2.75) is 38.6 Å². The first-order chi connectivity index (χ1) is 18.6. The zero-order valence-electron chi connectivity index (χ0n) is 23.6. The van der Waals surface area contributed by atoms with Crippen LogP contribution in [0.3, 0.4) is 0 Å². The van der Waals surface area contributed by atoms with Gasteiger partial charge in [0.25, 0.3) is 5.91 Å². The van der Waals surface area contributed by atoms with E-state index in [1.165, 1.54) is 27.8 Å². The maximum atomic E-state index is 13.8. The van der Waals surface area contributed by atoms with Crippen LogP contribution in [0.4, 0.5) is 5.13 Å². The summed E-state index contributed by atoms with van der Waals surface area (Å²) >= 11 is 1.51. The summed E-state index contributed by atoms with van der Waals surface area (Å²) in [4.78, 5) is 22.6. The van der Waals surface area contributed by atoms with Gasteiger partial charge in [0.1, 0.15) is 0 Å². The smallest absolute Gasteiger partial charge is 0.260 e. The Balaban J connectivity index is 0.00000441. The van der Waals surface area contributed by atoms with Gasteiger partial charge in [0.05, 0.1) is 15.1 Å². The predicted octanol–water partition coefficient (Wildman–Crippen LogP) is 6.14. The fourth-order valence-electron chi connectivity index (χ4n) is 4.53. The zero-order valence-corrected chi connectivity index (χ0v) is 26.1. The highest BCUT2D eigenvalue weighted by molar-refractivity contribution is 7.89. The van der Waals surface area contributed by atoms with E-state index in [1.54, 1.807) is 17.0 Å². The fourth-order valence-corrected chi connectivity index (χ4v) is 7.13. The number of rotatable bonds is 11. The van der Waals surface area contributed by atoms with E-state index in [4.69, 9.17) is 4.98 Å². The van der Waals surface area contributed by atoms with E-state index in [2.05, 4.69) is 24.0 Å². The van der Waals surface area contributed by atoms with Gasteiger partial charge in [-0.1, -0.05) is 54.7 Å². The van der Waals surface area contributed by atoms with Crippen LogP contribution in [0.1, 0.15) is 40.4 Å². The lowest BCUT2D eigenvalue weighted by Crippen LogP contribution is -2.33. The molecule has 1 amide bonds. The fraction of sp³-hybridized carbons (Fsp3) is 0.333. The van der Waals surface area contributed by atoms with Crippen LogP contribution in [0.25, 0.3) is 10.2 Å². The van der Waals surface area contributed by atoms with Gasteiger partial charge in [-0.2, -0.15) is 4.31 Å². The second-order valence-corrected chi connectivity index (χ2v) is 12.9. The molecular formula is C30H37ClN4O3S2. The Labute approximate surface area is 247 Å². The molecule has 40 heavy (non-hydrogen) atoms. The van der Waals surface area contributed by atoms with Crippen LogP contribution >= 0.6 is 23.7 Å². The minimum Gasteiger partial charge on any atom is -0.309 e. The van der Waals surface area contributed by atoms with E-state index in [1.807, 2.05) is 58.3 Å².